The fraction of sp³-hybridized carbons (Fsp3) is 0.455. The molecule has 0 unspecified atom stereocenters. The van der Waals surface area contributed by atoms with Crippen LogP contribution in [0, 0.1) is 0 Å². The van der Waals surface area contributed by atoms with Crippen molar-refractivity contribution in [3.05, 3.63) is 58.7 Å². The molecule has 2 aliphatic rings. The maximum absolute atomic E-state index is 5.83. The minimum absolute atomic E-state index is 0.336. The van der Waals surface area contributed by atoms with E-state index in [1.54, 1.807) is 0 Å². The van der Waals surface area contributed by atoms with Gasteiger partial charge in [0.1, 0.15) is 0 Å². The van der Waals surface area contributed by atoms with Crippen LogP contribution in [0.3, 0.4) is 0 Å². The fourth-order valence-electron chi connectivity index (χ4n) is 4.12. The first kappa shape index (κ1) is 18.9. The van der Waals surface area contributed by atoms with Crippen LogP contribution in [0.1, 0.15) is 24.8 Å². The predicted molar refractivity (Wildman–Crippen MR) is 113 cm³/mol. The Hall–Kier alpha value is -1.40. The van der Waals surface area contributed by atoms with Gasteiger partial charge >= 0.3 is 0 Å². The molecule has 0 amide bonds. The Bertz CT molecular complexity index is 836. The van der Waals surface area contributed by atoms with E-state index in [4.69, 9.17) is 9.47 Å². The zero-order chi connectivity index (χ0) is 18.7. The van der Waals surface area contributed by atoms with E-state index < -0.39 is 0 Å². The summed E-state index contributed by atoms with van der Waals surface area (Å²) in [6.45, 7) is 8.34. The van der Waals surface area contributed by atoms with Gasteiger partial charge < -0.3 is 14.5 Å². The lowest BCUT2D eigenvalue weighted by Gasteiger charge is -2.32. The van der Waals surface area contributed by atoms with Gasteiger partial charge in [0.05, 0.1) is 13.2 Å². The van der Waals surface area contributed by atoms with Crippen LogP contribution in [0.25, 0.3) is 10.9 Å². The van der Waals surface area contributed by atoms with Crippen molar-refractivity contribution in [2.45, 2.75) is 31.5 Å². The summed E-state index contributed by atoms with van der Waals surface area (Å²) in [6.07, 6.45) is 8.36. The summed E-state index contributed by atoms with van der Waals surface area (Å²) in [5, 5.41) is 1.32. The number of nitrogens with zero attached hydrogens (tertiary/aromatic N) is 1. The summed E-state index contributed by atoms with van der Waals surface area (Å²) in [6, 6.07) is 8.50. The van der Waals surface area contributed by atoms with E-state index in [2.05, 4.69) is 68.9 Å². The predicted octanol–water partition coefficient (Wildman–Crippen LogP) is 4.77. The standard InChI is InChI=1S/C22H27BrN2O2/c1-17(23)15-25(11-8-19-14-24-21-5-3-2-4-20(19)21)16-18-6-9-22(10-7-18)26-12-13-27-22/h2-6,14,24H,1,7-13,15-16H2. The molecule has 0 atom stereocenters. The molecule has 4 rings (SSSR count). The van der Waals surface area contributed by atoms with Crippen LogP contribution < -0.4 is 0 Å². The quantitative estimate of drug-likeness (QED) is 0.642. The van der Waals surface area contributed by atoms with Gasteiger partial charge in [-0.1, -0.05) is 52.4 Å². The molecule has 1 N–H and O–H groups in total. The second-order valence-electron chi connectivity index (χ2n) is 7.51. The number of rotatable bonds is 7. The summed E-state index contributed by atoms with van der Waals surface area (Å²) in [5.41, 5.74) is 4.06. The summed E-state index contributed by atoms with van der Waals surface area (Å²) < 4.78 is 12.7. The smallest absolute Gasteiger partial charge is 0.172 e. The Kier molecular flexibility index (Phi) is 5.83. The summed E-state index contributed by atoms with van der Waals surface area (Å²) in [4.78, 5) is 5.85. The summed E-state index contributed by atoms with van der Waals surface area (Å²) in [7, 11) is 0. The molecule has 2 aromatic rings. The minimum Gasteiger partial charge on any atom is -0.361 e. The lowest BCUT2D eigenvalue weighted by atomic mass is 9.93. The monoisotopic (exact) mass is 430 g/mol. The SMILES string of the molecule is C=C(Br)CN(CCc1c[nH]c2ccccc12)CC1=CCC2(CC1)OCCO2. The first-order chi connectivity index (χ1) is 13.1. The van der Waals surface area contributed by atoms with E-state index >= 15 is 0 Å². The van der Waals surface area contributed by atoms with Crippen LogP contribution in [0.15, 0.2) is 53.2 Å². The maximum atomic E-state index is 5.83. The number of H-pyrrole nitrogens is 1. The summed E-state index contributed by atoms with van der Waals surface area (Å²) in [5.74, 6) is -0.336. The molecule has 1 fully saturated rings. The Labute approximate surface area is 169 Å². The Morgan fingerprint density at radius 1 is 1.26 bits per heavy atom. The molecule has 1 saturated heterocycles. The van der Waals surface area contributed by atoms with Crippen LogP contribution in [0.4, 0.5) is 0 Å². The van der Waals surface area contributed by atoms with Crippen LogP contribution >= 0.6 is 15.9 Å². The van der Waals surface area contributed by atoms with Crippen LogP contribution in [-0.2, 0) is 15.9 Å². The Morgan fingerprint density at radius 3 is 2.81 bits per heavy atom. The second kappa shape index (κ2) is 8.31. The Morgan fingerprint density at radius 2 is 2.07 bits per heavy atom. The van der Waals surface area contributed by atoms with Gasteiger partial charge in [0.25, 0.3) is 0 Å². The van der Waals surface area contributed by atoms with Crippen LogP contribution in [0.5, 0.6) is 0 Å². The highest BCUT2D eigenvalue weighted by molar-refractivity contribution is 9.11. The fourth-order valence-corrected chi connectivity index (χ4v) is 4.47. The number of aromatic nitrogens is 1. The molecule has 1 aromatic carbocycles. The van der Waals surface area contributed by atoms with Crippen molar-refractivity contribution in [3.8, 4) is 0 Å². The topological polar surface area (TPSA) is 37.5 Å². The average Bonchev–Trinajstić information content (AvgIpc) is 3.29. The molecule has 1 spiro atoms. The zero-order valence-corrected chi connectivity index (χ0v) is 17.3. The number of benzene rings is 1. The van der Waals surface area contributed by atoms with Gasteiger partial charge in [-0.3, -0.25) is 4.90 Å². The number of fused-ring (bicyclic) bond motifs is 1. The number of para-hydroxylation sites is 1. The van der Waals surface area contributed by atoms with Crippen molar-refractivity contribution >= 4 is 26.8 Å². The highest BCUT2D eigenvalue weighted by Crippen LogP contribution is 2.35. The van der Waals surface area contributed by atoms with Gasteiger partial charge in [-0.05, 0) is 24.5 Å². The molecule has 1 aliphatic carbocycles. The molecule has 5 heteroatoms. The molecule has 0 radical (unpaired) electrons. The van der Waals surface area contributed by atoms with Gasteiger partial charge in [0.2, 0.25) is 0 Å². The first-order valence-corrected chi connectivity index (χ1v) is 10.5. The highest BCUT2D eigenvalue weighted by atomic mass is 79.9. The molecule has 0 saturated carbocycles. The van der Waals surface area contributed by atoms with Crippen molar-refractivity contribution in [2.24, 2.45) is 0 Å². The highest BCUT2D eigenvalue weighted by Gasteiger charge is 2.37. The van der Waals surface area contributed by atoms with Crippen molar-refractivity contribution in [3.63, 3.8) is 0 Å². The number of aromatic amines is 1. The number of ether oxygens (including phenoxy) is 2. The van der Waals surface area contributed by atoms with E-state index in [0.29, 0.717) is 0 Å². The lowest BCUT2D eigenvalue weighted by Crippen LogP contribution is -2.35. The normalized spacial score (nSPS) is 19.1. The van der Waals surface area contributed by atoms with E-state index in [1.165, 1.54) is 22.0 Å². The minimum atomic E-state index is -0.336. The average molecular weight is 431 g/mol. The number of hydrogen-bond acceptors (Lipinski definition) is 3. The lowest BCUT2D eigenvalue weighted by molar-refractivity contribution is -0.161. The number of nitrogens with one attached hydrogen (secondary N) is 1. The molecule has 1 aromatic heterocycles. The molecular weight excluding hydrogens is 404 g/mol. The molecule has 1 aliphatic heterocycles. The van der Waals surface area contributed by atoms with Gasteiger partial charge in [-0.15, -0.1) is 0 Å². The maximum Gasteiger partial charge on any atom is 0.172 e. The van der Waals surface area contributed by atoms with Gasteiger partial charge in [-0.2, -0.15) is 0 Å². The third-order valence-electron chi connectivity index (χ3n) is 5.54. The molecule has 2 heterocycles. The zero-order valence-electron chi connectivity index (χ0n) is 15.7. The van der Waals surface area contributed by atoms with Gasteiger partial charge in [0.15, 0.2) is 5.79 Å². The van der Waals surface area contributed by atoms with E-state index in [-0.39, 0.29) is 5.79 Å². The number of hydrogen-bond donors (Lipinski definition) is 1. The molecule has 0 bridgehead atoms. The van der Waals surface area contributed by atoms with Crippen molar-refractivity contribution in [1.29, 1.82) is 0 Å². The third kappa shape index (κ3) is 4.54. The largest absolute Gasteiger partial charge is 0.361 e. The number of halogens is 1. The first-order valence-electron chi connectivity index (χ1n) is 9.70. The van der Waals surface area contributed by atoms with Crippen LogP contribution in [-0.4, -0.2) is 48.5 Å². The molecular formula is C22H27BrN2O2. The third-order valence-corrected chi connectivity index (χ3v) is 5.79. The van der Waals surface area contributed by atoms with Crippen molar-refractivity contribution in [1.82, 2.24) is 9.88 Å². The van der Waals surface area contributed by atoms with Crippen molar-refractivity contribution in [2.75, 3.05) is 32.8 Å². The van der Waals surface area contributed by atoms with Crippen LogP contribution in [0.2, 0.25) is 0 Å². The second-order valence-corrected chi connectivity index (χ2v) is 8.63. The summed E-state index contributed by atoms with van der Waals surface area (Å²) >= 11 is 3.55. The Balaban J connectivity index is 1.39. The van der Waals surface area contributed by atoms with Gasteiger partial charge in [0, 0.05) is 54.1 Å². The van der Waals surface area contributed by atoms with E-state index in [0.717, 1.165) is 63.0 Å². The van der Waals surface area contributed by atoms with E-state index in [1.807, 2.05) is 0 Å². The molecule has 4 nitrogen and oxygen atoms in total. The molecule has 144 valence electrons. The molecule has 27 heavy (non-hydrogen) atoms. The van der Waals surface area contributed by atoms with Gasteiger partial charge in [-0.25, -0.2) is 0 Å². The van der Waals surface area contributed by atoms with Crippen molar-refractivity contribution < 1.29 is 9.47 Å². The van der Waals surface area contributed by atoms with E-state index in [9.17, 15) is 0 Å².